The van der Waals surface area contributed by atoms with Crippen molar-refractivity contribution in [2.45, 2.75) is 40.5 Å². The Labute approximate surface area is 181 Å². The summed E-state index contributed by atoms with van der Waals surface area (Å²) in [5.41, 5.74) is 6.57. The Morgan fingerprint density at radius 2 is 2.10 bits per heavy atom. The zero-order valence-electron chi connectivity index (χ0n) is 18.9. The fourth-order valence-corrected chi connectivity index (χ4v) is 4.03. The van der Waals surface area contributed by atoms with E-state index >= 15 is 0 Å². The number of hydrogen-bond donors (Lipinski definition) is 0. The Morgan fingerprint density at radius 3 is 2.67 bits per heavy atom. The monoisotopic (exact) mass is 403 g/mol. The average Bonchev–Trinajstić information content (AvgIpc) is 3.52. The first-order valence-corrected chi connectivity index (χ1v) is 10.8. The molecule has 3 nitrogen and oxygen atoms in total. The number of ether oxygens (including phenoxy) is 1. The second-order valence-electron chi connectivity index (χ2n) is 8.20. The highest BCUT2D eigenvalue weighted by atomic mass is 16.5. The van der Waals surface area contributed by atoms with Crippen LogP contribution >= 0.6 is 0 Å². The highest BCUT2D eigenvalue weighted by Gasteiger charge is 2.26. The zero-order chi connectivity index (χ0) is 21.8. The van der Waals surface area contributed by atoms with Crippen LogP contribution in [-0.2, 0) is 6.42 Å². The first kappa shape index (κ1) is 21.9. The maximum Gasteiger partial charge on any atom is 0.163 e. The van der Waals surface area contributed by atoms with Crippen LogP contribution in [0.1, 0.15) is 55.6 Å². The fraction of sp³-hybridized carbons (Fsp3) is 0.370. The van der Waals surface area contributed by atoms with Crippen molar-refractivity contribution in [1.29, 1.82) is 0 Å². The van der Waals surface area contributed by atoms with Gasteiger partial charge < -0.3 is 9.64 Å². The van der Waals surface area contributed by atoms with E-state index in [4.69, 9.17) is 4.74 Å². The van der Waals surface area contributed by atoms with Gasteiger partial charge in [0.05, 0.1) is 12.7 Å². The van der Waals surface area contributed by atoms with E-state index in [0.29, 0.717) is 23.1 Å². The Kier molecular flexibility index (Phi) is 6.81. The Balaban J connectivity index is 1.66. The third-order valence-corrected chi connectivity index (χ3v) is 5.83. The van der Waals surface area contributed by atoms with E-state index in [0.717, 1.165) is 29.8 Å². The van der Waals surface area contributed by atoms with Crippen LogP contribution in [-0.4, -0.2) is 24.3 Å². The number of hydrogen-bond acceptors (Lipinski definition) is 3. The minimum atomic E-state index is 0.0441. The number of aryl methyl sites for hydroxylation is 1. The highest BCUT2D eigenvalue weighted by molar-refractivity contribution is 5.98. The van der Waals surface area contributed by atoms with E-state index in [1.807, 2.05) is 6.07 Å². The molecular weight excluding hydrogens is 370 g/mol. The predicted octanol–water partition coefficient (Wildman–Crippen LogP) is 6.35. The lowest BCUT2D eigenvalue weighted by Crippen LogP contribution is -2.22. The Morgan fingerprint density at radius 1 is 1.33 bits per heavy atom. The summed E-state index contributed by atoms with van der Waals surface area (Å²) < 4.78 is 5.49. The van der Waals surface area contributed by atoms with Crippen LogP contribution in [0.2, 0.25) is 0 Å². The minimum Gasteiger partial charge on any atom is -0.496 e. The van der Waals surface area contributed by atoms with Crippen LogP contribution in [0.25, 0.3) is 6.08 Å². The standard InChI is InChI=1S/C27H33NO2/c1-7-22-16-25(22)24-11-12-28(19(4)13-24)17-18(3)9-10-21-14-23(8-2)27(20(5)29)26(15-21)30-6/h9-16,18,22H,4,7-8,17H2,1-3,5-6H3/b10-9+. The summed E-state index contributed by atoms with van der Waals surface area (Å²) in [5.74, 6) is 1.69. The van der Waals surface area contributed by atoms with Crippen molar-refractivity contribution >= 4 is 11.9 Å². The number of carbonyl (C=O) groups excluding carboxylic acids is 1. The van der Waals surface area contributed by atoms with E-state index in [9.17, 15) is 4.79 Å². The first-order valence-electron chi connectivity index (χ1n) is 10.8. The number of methoxy groups -OCH3 is 1. The molecule has 1 aromatic rings. The summed E-state index contributed by atoms with van der Waals surface area (Å²) in [5, 5.41) is 0. The molecule has 0 amide bonds. The Hall–Kier alpha value is -2.81. The first-order chi connectivity index (χ1) is 14.4. The molecule has 3 rings (SSSR count). The van der Waals surface area contributed by atoms with E-state index in [-0.39, 0.29) is 5.78 Å². The fourth-order valence-electron chi connectivity index (χ4n) is 4.03. The summed E-state index contributed by atoms with van der Waals surface area (Å²) in [7, 11) is 1.62. The number of nitrogens with zero attached hydrogens (tertiary/aromatic N) is 1. The van der Waals surface area contributed by atoms with E-state index in [1.54, 1.807) is 14.0 Å². The lowest BCUT2D eigenvalue weighted by Gasteiger charge is -2.26. The molecule has 1 aliphatic heterocycles. The number of carbonyl (C=O) groups is 1. The van der Waals surface area contributed by atoms with Gasteiger partial charge in [0.1, 0.15) is 5.75 Å². The summed E-state index contributed by atoms with van der Waals surface area (Å²) in [6.07, 6.45) is 15.2. The third-order valence-electron chi connectivity index (χ3n) is 5.83. The molecule has 0 bridgehead atoms. The molecule has 30 heavy (non-hydrogen) atoms. The quantitative estimate of drug-likeness (QED) is 0.450. The lowest BCUT2D eigenvalue weighted by molar-refractivity contribution is 0.101. The second kappa shape index (κ2) is 9.34. The molecule has 2 aliphatic rings. The van der Waals surface area contributed by atoms with Crippen LogP contribution in [0.4, 0.5) is 0 Å². The molecule has 1 aromatic carbocycles. The van der Waals surface area contributed by atoms with Gasteiger partial charge in [0.15, 0.2) is 5.78 Å². The van der Waals surface area contributed by atoms with E-state index in [2.05, 4.69) is 74.9 Å². The molecule has 1 aliphatic carbocycles. The van der Waals surface area contributed by atoms with E-state index in [1.165, 1.54) is 17.6 Å². The van der Waals surface area contributed by atoms with Gasteiger partial charge in [-0.25, -0.2) is 0 Å². The van der Waals surface area contributed by atoms with Gasteiger partial charge in [0, 0.05) is 24.4 Å². The molecular formula is C27H33NO2. The number of rotatable bonds is 9. The molecule has 0 saturated heterocycles. The molecule has 0 N–H and O–H groups in total. The smallest absolute Gasteiger partial charge is 0.163 e. The number of Topliss-reactive ketones (excluding diaryl/α,β-unsaturated/α-hetero) is 1. The average molecular weight is 404 g/mol. The molecule has 0 fully saturated rings. The van der Waals surface area contributed by atoms with Crippen LogP contribution in [0, 0.1) is 11.8 Å². The molecule has 0 radical (unpaired) electrons. The van der Waals surface area contributed by atoms with Crippen molar-refractivity contribution < 1.29 is 9.53 Å². The molecule has 2 unspecified atom stereocenters. The Bertz CT molecular complexity index is 936. The van der Waals surface area contributed by atoms with Gasteiger partial charge >= 0.3 is 0 Å². The molecule has 0 saturated carbocycles. The SMILES string of the molecule is C=C1C=C(C2=CC2CC)C=CN1CC(C)/C=C/c1cc(CC)c(C(C)=O)c(OC)c1. The van der Waals surface area contributed by atoms with Crippen LogP contribution in [0.15, 0.2) is 66.1 Å². The maximum absolute atomic E-state index is 12.0. The molecule has 0 spiro atoms. The largest absolute Gasteiger partial charge is 0.496 e. The van der Waals surface area contributed by atoms with Gasteiger partial charge in [0.2, 0.25) is 0 Å². The van der Waals surface area contributed by atoms with Crippen molar-refractivity contribution in [3.05, 3.63) is 82.7 Å². The molecule has 2 atom stereocenters. The van der Waals surface area contributed by atoms with Gasteiger partial charge in [-0.1, -0.05) is 51.6 Å². The number of benzene rings is 1. The summed E-state index contributed by atoms with van der Waals surface area (Å²) in [6, 6.07) is 4.03. The van der Waals surface area contributed by atoms with Crippen LogP contribution < -0.4 is 4.74 Å². The number of allylic oxidation sites excluding steroid dienone is 5. The van der Waals surface area contributed by atoms with Crippen molar-refractivity contribution in [2.24, 2.45) is 11.8 Å². The molecule has 158 valence electrons. The van der Waals surface area contributed by atoms with Crippen molar-refractivity contribution in [3.63, 3.8) is 0 Å². The topological polar surface area (TPSA) is 29.5 Å². The predicted molar refractivity (Wildman–Crippen MR) is 126 cm³/mol. The van der Waals surface area contributed by atoms with Gasteiger partial charge in [-0.3, -0.25) is 4.79 Å². The molecule has 1 heterocycles. The normalized spacial score (nSPS) is 19.0. The summed E-state index contributed by atoms with van der Waals surface area (Å²) in [4.78, 5) is 14.2. The summed E-state index contributed by atoms with van der Waals surface area (Å²) >= 11 is 0. The third kappa shape index (κ3) is 4.84. The van der Waals surface area contributed by atoms with Gasteiger partial charge in [-0.2, -0.15) is 0 Å². The summed E-state index contributed by atoms with van der Waals surface area (Å²) in [6.45, 7) is 13.2. The van der Waals surface area contributed by atoms with Gasteiger partial charge in [0.25, 0.3) is 0 Å². The molecule has 0 aromatic heterocycles. The highest BCUT2D eigenvalue weighted by Crippen LogP contribution is 2.40. The zero-order valence-corrected chi connectivity index (χ0v) is 18.9. The maximum atomic E-state index is 12.0. The number of ketones is 1. The van der Waals surface area contributed by atoms with Crippen molar-refractivity contribution in [2.75, 3.05) is 13.7 Å². The van der Waals surface area contributed by atoms with Gasteiger partial charge in [-0.15, -0.1) is 0 Å². The van der Waals surface area contributed by atoms with E-state index < -0.39 is 0 Å². The van der Waals surface area contributed by atoms with Crippen LogP contribution in [0.3, 0.4) is 0 Å². The van der Waals surface area contributed by atoms with Gasteiger partial charge in [-0.05, 0) is 66.2 Å². The lowest BCUT2D eigenvalue weighted by atomic mass is 9.97. The second-order valence-corrected chi connectivity index (χ2v) is 8.20. The van der Waals surface area contributed by atoms with Crippen molar-refractivity contribution in [3.8, 4) is 5.75 Å². The van der Waals surface area contributed by atoms with Crippen molar-refractivity contribution in [1.82, 2.24) is 4.90 Å². The molecule has 3 heteroatoms. The minimum absolute atomic E-state index is 0.0441. The van der Waals surface area contributed by atoms with Crippen LogP contribution in [0.5, 0.6) is 5.75 Å².